The summed E-state index contributed by atoms with van der Waals surface area (Å²) in [5.74, 6) is -1.22. The van der Waals surface area contributed by atoms with Crippen LogP contribution in [0.5, 0.6) is 0 Å². The van der Waals surface area contributed by atoms with E-state index < -0.39 is 5.97 Å². The second-order valence-corrected chi connectivity index (χ2v) is 4.89. The predicted molar refractivity (Wildman–Crippen MR) is 73.9 cm³/mol. The van der Waals surface area contributed by atoms with E-state index in [0.717, 1.165) is 5.56 Å². The van der Waals surface area contributed by atoms with E-state index >= 15 is 0 Å². The Morgan fingerprint density at radius 1 is 1.47 bits per heavy atom. The lowest BCUT2D eigenvalue weighted by Gasteiger charge is -2.20. The van der Waals surface area contributed by atoms with E-state index in [9.17, 15) is 9.18 Å². The highest BCUT2D eigenvalue weighted by Gasteiger charge is 2.10. The fourth-order valence-electron chi connectivity index (χ4n) is 1.67. The normalized spacial score (nSPS) is 10.8. The van der Waals surface area contributed by atoms with E-state index in [-0.39, 0.29) is 18.8 Å². The molecule has 0 aliphatic heterocycles. The zero-order chi connectivity index (χ0) is 14.4. The molecule has 0 unspecified atom stereocenters. The largest absolute Gasteiger partial charge is 0.481 e. The van der Waals surface area contributed by atoms with Crippen molar-refractivity contribution in [1.82, 2.24) is 5.32 Å². The number of nitrogens with zero attached hydrogens (tertiary/aromatic N) is 1. The summed E-state index contributed by atoms with van der Waals surface area (Å²) >= 11 is 0. The molecule has 1 aromatic rings. The molecule has 2 N–H and O–H groups in total. The summed E-state index contributed by atoms with van der Waals surface area (Å²) < 4.78 is 13.7. The second-order valence-electron chi connectivity index (χ2n) is 4.89. The number of hydrogen-bond donors (Lipinski definition) is 2. The minimum atomic E-state index is -0.884. The van der Waals surface area contributed by atoms with Gasteiger partial charge in [-0.15, -0.1) is 0 Å². The zero-order valence-corrected chi connectivity index (χ0v) is 11.6. The van der Waals surface area contributed by atoms with E-state index in [1.54, 1.807) is 24.1 Å². The van der Waals surface area contributed by atoms with Crippen molar-refractivity contribution in [3.63, 3.8) is 0 Å². The van der Waals surface area contributed by atoms with Crippen LogP contribution < -0.4 is 10.2 Å². The molecule has 1 rings (SSSR count). The summed E-state index contributed by atoms with van der Waals surface area (Å²) in [5.41, 5.74) is 1.41. The molecular weight excluding hydrogens is 247 g/mol. The number of hydrogen-bond acceptors (Lipinski definition) is 3. The lowest BCUT2D eigenvalue weighted by molar-refractivity contribution is -0.136. The molecule has 0 spiro atoms. The van der Waals surface area contributed by atoms with Gasteiger partial charge in [-0.3, -0.25) is 4.79 Å². The number of anilines is 1. The summed E-state index contributed by atoms with van der Waals surface area (Å²) in [6, 6.07) is 5.27. The van der Waals surface area contributed by atoms with E-state index in [1.165, 1.54) is 6.07 Å². The Morgan fingerprint density at radius 3 is 2.74 bits per heavy atom. The lowest BCUT2D eigenvalue weighted by atomic mass is 10.1. The Hall–Kier alpha value is -1.62. The number of carboxylic acids is 1. The first-order valence-corrected chi connectivity index (χ1v) is 6.35. The lowest BCUT2D eigenvalue weighted by Crippen LogP contribution is -2.24. The zero-order valence-electron chi connectivity index (χ0n) is 11.6. The Labute approximate surface area is 113 Å². The van der Waals surface area contributed by atoms with Gasteiger partial charge in [-0.2, -0.15) is 0 Å². The molecule has 106 valence electrons. The highest BCUT2D eigenvalue weighted by atomic mass is 19.1. The molecule has 0 saturated carbocycles. The highest BCUT2D eigenvalue weighted by Crippen LogP contribution is 2.20. The first kappa shape index (κ1) is 15.4. The van der Waals surface area contributed by atoms with Crippen molar-refractivity contribution in [3.05, 3.63) is 29.6 Å². The second kappa shape index (κ2) is 7.09. The molecule has 0 saturated heterocycles. The molecule has 19 heavy (non-hydrogen) atoms. The van der Waals surface area contributed by atoms with Crippen LogP contribution in [0.2, 0.25) is 0 Å². The van der Waals surface area contributed by atoms with Crippen LogP contribution >= 0.6 is 0 Å². The Balaban J connectivity index is 2.75. The fourth-order valence-corrected chi connectivity index (χ4v) is 1.67. The third kappa shape index (κ3) is 5.26. The number of halogens is 1. The van der Waals surface area contributed by atoms with Gasteiger partial charge in [-0.05, 0) is 17.7 Å². The molecule has 0 heterocycles. The van der Waals surface area contributed by atoms with Gasteiger partial charge in [-0.1, -0.05) is 19.9 Å². The van der Waals surface area contributed by atoms with Gasteiger partial charge < -0.3 is 15.3 Å². The van der Waals surface area contributed by atoms with Gasteiger partial charge in [0.2, 0.25) is 0 Å². The maximum absolute atomic E-state index is 13.7. The van der Waals surface area contributed by atoms with Gasteiger partial charge >= 0.3 is 5.97 Å². The average Bonchev–Trinajstić information content (AvgIpc) is 2.34. The predicted octanol–water partition coefficient (Wildman–Crippen LogP) is 2.23. The summed E-state index contributed by atoms with van der Waals surface area (Å²) in [4.78, 5) is 12.2. The number of nitrogens with one attached hydrogen (secondary N) is 1. The van der Waals surface area contributed by atoms with Gasteiger partial charge in [0.05, 0.1) is 12.1 Å². The molecule has 0 amide bonds. The first-order chi connectivity index (χ1) is 8.90. The molecule has 0 aliphatic rings. The van der Waals surface area contributed by atoms with Crippen LogP contribution in [0.1, 0.15) is 25.8 Å². The highest BCUT2D eigenvalue weighted by molar-refractivity contribution is 5.67. The third-order valence-corrected chi connectivity index (χ3v) is 2.80. The van der Waals surface area contributed by atoms with Crippen molar-refractivity contribution < 1.29 is 14.3 Å². The molecule has 0 fully saturated rings. The van der Waals surface area contributed by atoms with E-state index in [4.69, 9.17) is 5.11 Å². The molecule has 1 aromatic carbocycles. The number of benzene rings is 1. The van der Waals surface area contributed by atoms with Crippen LogP contribution in [-0.2, 0) is 11.3 Å². The van der Waals surface area contributed by atoms with Crippen molar-refractivity contribution in [2.24, 2.45) is 0 Å². The molecular formula is C14H21FN2O2. The van der Waals surface area contributed by atoms with Crippen molar-refractivity contribution >= 4 is 11.7 Å². The van der Waals surface area contributed by atoms with Crippen molar-refractivity contribution in [3.8, 4) is 0 Å². The number of carboxylic acid groups (broad SMARTS) is 1. The van der Waals surface area contributed by atoms with Crippen LogP contribution in [0.4, 0.5) is 10.1 Å². The van der Waals surface area contributed by atoms with Gasteiger partial charge in [-0.25, -0.2) is 4.39 Å². The number of aliphatic carboxylic acids is 1. The minimum Gasteiger partial charge on any atom is -0.481 e. The van der Waals surface area contributed by atoms with E-state index in [0.29, 0.717) is 18.3 Å². The topological polar surface area (TPSA) is 52.6 Å². The van der Waals surface area contributed by atoms with Crippen molar-refractivity contribution in [2.75, 3.05) is 18.5 Å². The maximum Gasteiger partial charge on any atom is 0.305 e. The third-order valence-electron chi connectivity index (χ3n) is 2.80. The summed E-state index contributed by atoms with van der Waals surface area (Å²) in [5, 5.41) is 11.9. The molecule has 0 bridgehead atoms. The monoisotopic (exact) mass is 268 g/mol. The number of rotatable bonds is 7. The summed E-state index contributed by atoms with van der Waals surface area (Å²) in [6.45, 7) is 5.04. The van der Waals surface area contributed by atoms with Crippen LogP contribution in [0, 0.1) is 5.82 Å². The van der Waals surface area contributed by atoms with E-state index in [2.05, 4.69) is 5.32 Å². The summed E-state index contributed by atoms with van der Waals surface area (Å²) in [6.07, 6.45) is -0.00951. The quantitative estimate of drug-likeness (QED) is 0.796. The van der Waals surface area contributed by atoms with Gasteiger partial charge in [0.15, 0.2) is 0 Å². The SMILES string of the molecule is CC(C)NCc1ccc(F)c(N(C)CCC(=O)O)c1. The molecule has 5 heteroatoms. The number of carbonyl (C=O) groups is 1. The van der Waals surface area contributed by atoms with Gasteiger partial charge in [0, 0.05) is 26.2 Å². The molecule has 0 radical (unpaired) electrons. The van der Waals surface area contributed by atoms with Crippen LogP contribution in [-0.4, -0.2) is 30.7 Å². The van der Waals surface area contributed by atoms with Crippen molar-refractivity contribution in [1.29, 1.82) is 0 Å². The standard InChI is InChI=1S/C14H21FN2O2/c1-10(2)16-9-11-4-5-12(15)13(8-11)17(3)7-6-14(18)19/h4-5,8,10,16H,6-7,9H2,1-3H3,(H,18,19). The fraction of sp³-hybridized carbons (Fsp3) is 0.500. The Morgan fingerprint density at radius 2 is 2.16 bits per heavy atom. The van der Waals surface area contributed by atoms with Gasteiger partial charge in [0.1, 0.15) is 5.82 Å². The van der Waals surface area contributed by atoms with Crippen LogP contribution in [0.25, 0.3) is 0 Å². The van der Waals surface area contributed by atoms with Crippen molar-refractivity contribution in [2.45, 2.75) is 32.9 Å². The Kier molecular flexibility index (Phi) is 5.76. The smallest absolute Gasteiger partial charge is 0.305 e. The van der Waals surface area contributed by atoms with E-state index in [1.807, 2.05) is 13.8 Å². The molecule has 4 nitrogen and oxygen atoms in total. The van der Waals surface area contributed by atoms with Gasteiger partial charge in [0.25, 0.3) is 0 Å². The molecule has 0 aliphatic carbocycles. The summed E-state index contributed by atoms with van der Waals surface area (Å²) in [7, 11) is 1.70. The molecule has 0 atom stereocenters. The first-order valence-electron chi connectivity index (χ1n) is 6.35. The molecule has 0 aromatic heterocycles. The minimum absolute atomic E-state index is 0.00951. The Bertz CT molecular complexity index is 435. The van der Waals surface area contributed by atoms with Crippen LogP contribution in [0.3, 0.4) is 0 Å². The maximum atomic E-state index is 13.7. The average molecular weight is 268 g/mol. The van der Waals surface area contributed by atoms with Crippen LogP contribution in [0.15, 0.2) is 18.2 Å².